The Balaban J connectivity index is 2.23. The van der Waals surface area contributed by atoms with E-state index >= 15 is 0 Å². The fourth-order valence-electron chi connectivity index (χ4n) is 2.13. The van der Waals surface area contributed by atoms with Gasteiger partial charge >= 0.3 is 0 Å². The van der Waals surface area contributed by atoms with Crippen LogP contribution in [0, 0.1) is 0 Å². The highest BCUT2D eigenvalue weighted by atomic mass is 16.2. The summed E-state index contributed by atoms with van der Waals surface area (Å²) >= 11 is 0. The van der Waals surface area contributed by atoms with Gasteiger partial charge in [-0.2, -0.15) is 0 Å². The highest BCUT2D eigenvalue weighted by Crippen LogP contribution is 2.26. The van der Waals surface area contributed by atoms with Gasteiger partial charge in [0.15, 0.2) is 0 Å². The second-order valence-electron chi connectivity index (χ2n) is 3.90. The monoisotopic (exact) mass is 220 g/mol. The van der Waals surface area contributed by atoms with Crippen molar-refractivity contribution < 1.29 is 4.79 Å². The summed E-state index contributed by atoms with van der Waals surface area (Å²) in [5.41, 5.74) is 6.61. The first kappa shape index (κ1) is 10.7. The molecule has 2 heterocycles. The average Bonchev–Trinajstić information content (AvgIpc) is 2.77. The molecule has 0 aromatic carbocycles. The summed E-state index contributed by atoms with van der Waals surface area (Å²) in [6.45, 7) is 0.890. The molecule has 0 saturated carbocycles. The number of rotatable bonds is 2. The number of carbonyl (C=O) groups is 1. The van der Waals surface area contributed by atoms with Crippen LogP contribution in [0.3, 0.4) is 0 Å². The van der Waals surface area contributed by atoms with Crippen molar-refractivity contribution in [2.75, 3.05) is 24.2 Å². The van der Waals surface area contributed by atoms with E-state index in [-0.39, 0.29) is 11.9 Å². The van der Waals surface area contributed by atoms with Gasteiger partial charge in [-0.1, -0.05) is 0 Å². The Bertz CT molecular complexity index is 393. The fraction of sp³-hybridized carbons (Fsp3) is 0.455. The van der Waals surface area contributed by atoms with Gasteiger partial charge in [0.1, 0.15) is 11.9 Å². The minimum absolute atomic E-state index is 0.0629. The number of amides is 1. The SMILES string of the molecule is CNC(=O)C1CCCN1c1ccnc(N)c1. The molecular formula is C11H16N4O. The summed E-state index contributed by atoms with van der Waals surface area (Å²) in [5.74, 6) is 0.549. The second-order valence-corrected chi connectivity index (χ2v) is 3.90. The first-order valence-electron chi connectivity index (χ1n) is 5.42. The lowest BCUT2D eigenvalue weighted by molar-refractivity contribution is -0.121. The summed E-state index contributed by atoms with van der Waals surface area (Å²) in [5, 5.41) is 2.69. The van der Waals surface area contributed by atoms with Crippen molar-refractivity contribution in [3.8, 4) is 0 Å². The molecule has 0 aliphatic carbocycles. The number of likely N-dealkylation sites (N-methyl/N-ethyl adjacent to an activating group) is 1. The Hall–Kier alpha value is -1.78. The molecule has 1 saturated heterocycles. The van der Waals surface area contributed by atoms with Crippen LogP contribution in [-0.4, -0.2) is 30.5 Å². The number of hydrogen-bond acceptors (Lipinski definition) is 4. The standard InChI is InChI=1S/C11H16N4O/c1-13-11(16)9-3-2-6-15(9)8-4-5-14-10(12)7-8/h4-5,7,9H,2-3,6H2,1H3,(H2,12,14)(H,13,16). The van der Waals surface area contributed by atoms with Crippen LogP contribution in [-0.2, 0) is 4.79 Å². The van der Waals surface area contributed by atoms with Gasteiger partial charge in [0.05, 0.1) is 0 Å². The summed E-state index contributed by atoms with van der Waals surface area (Å²) < 4.78 is 0. The van der Waals surface area contributed by atoms with Crippen molar-refractivity contribution in [2.45, 2.75) is 18.9 Å². The molecule has 16 heavy (non-hydrogen) atoms. The lowest BCUT2D eigenvalue weighted by Gasteiger charge is -2.25. The maximum Gasteiger partial charge on any atom is 0.242 e. The van der Waals surface area contributed by atoms with Crippen LogP contribution in [0.1, 0.15) is 12.8 Å². The van der Waals surface area contributed by atoms with Crippen molar-refractivity contribution in [3.63, 3.8) is 0 Å². The highest BCUT2D eigenvalue weighted by molar-refractivity contribution is 5.85. The molecule has 1 aromatic heterocycles. The first-order chi connectivity index (χ1) is 7.72. The second kappa shape index (κ2) is 4.38. The lowest BCUT2D eigenvalue weighted by atomic mass is 10.2. The van der Waals surface area contributed by atoms with Crippen LogP contribution in [0.5, 0.6) is 0 Å². The van der Waals surface area contributed by atoms with E-state index in [0.29, 0.717) is 5.82 Å². The summed E-state index contributed by atoms with van der Waals surface area (Å²) in [6.07, 6.45) is 3.59. The summed E-state index contributed by atoms with van der Waals surface area (Å²) in [7, 11) is 1.67. The Morgan fingerprint density at radius 3 is 3.19 bits per heavy atom. The van der Waals surface area contributed by atoms with Gasteiger partial charge in [-0.25, -0.2) is 4.98 Å². The van der Waals surface area contributed by atoms with Crippen molar-refractivity contribution in [1.82, 2.24) is 10.3 Å². The number of pyridine rings is 1. The molecule has 1 aliphatic rings. The van der Waals surface area contributed by atoms with E-state index in [9.17, 15) is 4.79 Å². The van der Waals surface area contributed by atoms with Crippen molar-refractivity contribution in [1.29, 1.82) is 0 Å². The van der Waals surface area contributed by atoms with Gasteiger partial charge in [0.25, 0.3) is 0 Å². The molecule has 1 amide bonds. The zero-order valence-electron chi connectivity index (χ0n) is 9.31. The topological polar surface area (TPSA) is 71.2 Å². The van der Waals surface area contributed by atoms with Gasteiger partial charge in [0, 0.05) is 31.5 Å². The number of nitrogens with one attached hydrogen (secondary N) is 1. The predicted molar refractivity (Wildman–Crippen MR) is 63.1 cm³/mol. The molecule has 1 atom stereocenters. The maximum absolute atomic E-state index is 11.7. The number of anilines is 2. The van der Waals surface area contributed by atoms with Crippen molar-refractivity contribution in [3.05, 3.63) is 18.3 Å². The van der Waals surface area contributed by atoms with Gasteiger partial charge in [-0.3, -0.25) is 4.79 Å². The molecule has 5 heteroatoms. The Labute approximate surface area is 94.6 Å². The molecule has 1 fully saturated rings. The normalized spacial score (nSPS) is 19.8. The smallest absolute Gasteiger partial charge is 0.242 e. The van der Waals surface area contributed by atoms with Crippen LogP contribution in [0.4, 0.5) is 11.5 Å². The average molecular weight is 220 g/mol. The zero-order valence-corrected chi connectivity index (χ0v) is 9.31. The molecule has 2 rings (SSSR count). The minimum atomic E-state index is -0.0770. The Morgan fingerprint density at radius 1 is 1.69 bits per heavy atom. The first-order valence-corrected chi connectivity index (χ1v) is 5.42. The molecule has 0 bridgehead atoms. The number of carbonyl (C=O) groups excluding carboxylic acids is 1. The number of nitrogens with zero attached hydrogens (tertiary/aromatic N) is 2. The third-order valence-electron chi connectivity index (χ3n) is 2.90. The molecule has 1 unspecified atom stereocenters. The van der Waals surface area contributed by atoms with Gasteiger partial charge in [-0.15, -0.1) is 0 Å². The number of nitrogens with two attached hydrogens (primary N) is 1. The molecule has 1 aliphatic heterocycles. The largest absolute Gasteiger partial charge is 0.384 e. The van der Waals surface area contributed by atoms with Crippen molar-refractivity contribution in [2.24, 2.45) is 0 Å². The molecular weight excluding hydrogens is 204 g/mol. The lowest BCUT2D eigenvalue weighted by Crippen LogP contribution is -2.42. The summed E-state index contributed by atoms with van der Waals surface area (Å²) in [4.78, 5) is 17.7. The van der Waals surface area contributed by atoms with E-state index in [4.69, 9.17) is 5.73 Å². The molecule has 86 valence electrons. The quantitative estimate of drug-likeness (QED) is 0.755. The minimum Gasteiger partial charge on any atom is -0.384 e. The van der Waals surface area contributed by atoms with E-state index in [1.165, 1.54) is 0 Å². The van der Waals surface area contributed by atoms with Crippen LogP contribution in [0.25, 0.3) is 0 Å². The van der Waals surface area contributed by atoms with Crippen molar-refractivity contribution >= 4 is 17.4 Å². The van der Waals surface area contributed by atoms with E-state index in [2.05, 4.69) is 15.2 Å². The van der Waals surface area contributed by atoms with Crippen LogP contribution in [0.2, 0.25) is 0 Å². The van der Waals surface area contributed by atoms with E-state index in [1.54, 1.807) is 19.3 Å². The van der Waals surface area contributed by atoms with Gasteiger partial charge in [-0.05, 0) is 18.9 Å². The molecule has 0 radical (unpaired) electrons. The molecule has 3 N–H and O–H groups in total. The molecule has 0 spiro atoms. The molecule has 1 aromatic rings. The fourth-order valence-corrected chi connectivity index (χ4v) is 2.13. The number of aromatic nitrogens is 1. The van der Waals surface area contributed by atoms with Gasteiger partial charge < -0.3 is 16.0 Å². The summed E-state index contributed by atoms with van der Waals surface area (Å²) in [6, 6.07) is 3.62. The third kappa shape index (κ3) is 1.93. The predicted octanol–water partition coefficient (Wildman–Crippen LogP) is 0.379. The highest BCUT2D eigenvalue weighted by Gasteiger charge is 2.30. The number of nitrogen functional groups attached to an aromatic ring is 1. The van der Waals surface area contributed by atoms with Crippen LogP contribution in [0.15, 0.2) is 18.3 Å². The zero-order chi connectivity index (χ0) is 11.5. The van der Waals surface area contributed by atoms with Crippen LogP contribution < -0.4 is 16.0 Å². The number of hydrogen-bond donors (Lipinski definition) is 2. The third-order valence-corrected chi connectivity index (χ3v) is 2.90. The maximum atomic E-state index is 11.7. The van der Waals surface area contributed by atoms with Crippen LogP contribution >= 0.6 is 0 Å². The van der Waals surface area contributed by atoms with E-state index < -0.39 is 0 Å². The van der Waals surface area contributed by atoms with E-state index in [1.807, 2.05) is 6.07 Å². The molecule has 5 nitrogen and oxygen atoms in total. The Morgan fingerprint density at radius 2 is 2.50 bits per heavy atom. The van der Waals surface area contributed by atoms with E-state index in [0.717, 1.165) is 25.1 Å². The van der Waals surface area contributed by atoms with Gasteiger partial charge in [0.2, 0.25) is 5.91 Å². The Kier molecular flexibility index (Phi) is 2.94.